The summed E-state index contributed by atoms with van der Waals surface area (Å²) in [5.41, 5.74) is 6.19. The molecule has 0 radical (unpaired) electrons. The third-order valence-electron chi connectivity index (χ3n) is 17.6. The van der Waals surface area contributed by atoms with Crippen molar-refractivity contribution in [3.63, 3.8) is 0 Å². The molecule has 0 aliphatic heterocycles. The number of alkyl carbamates (subject to hydrolysis) is 1. The van der Waals surface area contributed by atoms with E-state index in [1.54, 1.807) is 20.8 Å². The highest BCUT2D eigenvalue weighted by Gasteiger charge is 2.71. The number of primary amides is 1. The van der Waals surface area contributed by atoms with Crippen molar-refractivity contribution in [2.45, 2.75) is 202 Å². The number of ether oxygens (including phenoxy) is 1. The molecule has 0 aromatic heterocycles. The van der Waals surface area contributed by atoms with Gasteiger partial charge in [0.2, 0.25) is 17.7 Å². The lowest BCUT2D eigenvalue weighted by Crippen LogP contribution is -2.67. The maximum Gasteiger partial charge on any atom is 0.414 e. The van der Waals surface area contributed by atoms with Crippen LogP contribution in [0.4, 0.5) is 4.79 Å². The molecule has 0 spiro atoms. The predicted octanol–water partition coefficient (Wildman–Crippen LogP) is 9.13. The number of carbonyl (C=O) groups excluding carboxylic acids is 4. The van der Waals surface area contributed by atoms with E-state index in [4.69, 9.17) is 10.5 Å². The summed E-state index contributed by atoms with van der Waals surface area (Å²) in [5.74, 6) is 1.80. The Bertz CT molecular complexity index is 1540. The zero-order valence-electron chi connectivity index (χ0n) is 38.7. The van der Waals surface area contributed by atoms with Gasteiger partial charge in [-0.25, -0.2) is 4.79 Å². The van der Waals surface area contributed by atoms with E-state index in [9.17, 15) is 24.3 Å². The van der Waals surface area contributed by atoms with E-state index in [0.717, 1.165) is 90.0 Å². The Hall–Kier alpha value is -2.46. The first kappa shape index (κ1) is 47.6. The zero-order valence-corrected chi connectivity index (χ0v) is 38.7. The molecule has 4 amide bonds. The number of rotatable bonds is 17. The largest absolute Gasteiger partial charge is 0.444 e. The van der Waals surface area contributed by atoms with Gasteiger partial charge in [-0.15, -0.1) is 0 Å². The number of aliphatic hydroxyl groups is 1. The zero-order chi connectivity index (χ0) is 43.6. The minimum absolute atomic E-state index is 0.0442. The van der Waals surface area contributed by atoms with Gasteiger partial charge >= 0.3 is 6.09 Å². The van der Waals surface area contributed by atoms with Gasteiger partial charge in [-0.1, -0.05) is 78.9 Å². The summed E-state index contributed by atoms with van der Waals surface area (Å²) in [6.45, 7) is 25.8. The molecule has 5 rings (SSSR count). The van der Waals surface area contributed by atoms with Crippen LogP contribution in [0.2, 0.25) is 0 Å². The number of amides is 4. The molecule has 0 unspecified atom stereocenters. The average molecular weight is 825 g/mol. The third-order valence-corrected chi connectivity index (χ3v) is 17.6. The minimum atomic E-state index is -0.807. The van der Waals surface area contributed by atoms with Gasteiger partial charge in [0.1, 0.15) is 5.60 Å². The van der Waals surface area contributed by atoms with Crippen LogP contribution in [0.15, 0.2) is 12.2 Å². The molecule has 10 heteroatoms. The number of carbonyl (C=O) groups is 4. The Morgan fingerprint density at radius 2 is 1.44 bits per heavy atom. The van der Waals surface area contributed by atoms with E-state index in [-0.39, 0.29) is 46.0 Å². The molecule has 11 atom stereocenters. The van der Waals surface area contributed by atoms with Crippen LogP contribution in [0.3, 0.4) is 0 Å². The second-order valence-corrected chi connectivity index (χ2v) is 22.5. The van der Waals surface area contributed by atoms with Crippen LogP contribution in [0.25, 0.3) is 0 Å². The van der Waals surface area contributed by atoms with Gasteiger partial charge in [0.05, 0.1) is 17.6 Å². The molecule has 5 saturated carbocycles. The highest BCUT2D eigenvalue weighted by Crippen LogP contribution is 2.77. The molecule has 0 aromatic rings. The second kappa shape index (κ2) is 18.5. The molecular weight excluding hydrogens is 741 g/mol. The Kier molecular flexibility index (Phi) is 14.9. The maximum absolute atomic E-state index is 14.5. The summed E-state index contributed by atoms with van der Waals surface area (Å²) in [7, 11) is 0. The van der Waals surface area contributed by atoms with Crippen LogP contribution in [0, 0.1) is 56.7 Å². The van der Waals surface area contributed by atoms with E-state index in [1.165, 1.54) is 31.3 Å². The number of nitrogens with two attached hydrogens (primary N) is 1. The Labute approximate surface area is 357 Å². The first-order valence-electron chi connectivity index (χ1n) is 23.7. The number of imide groups is 1. The van der Waals surface area contributed by atoms with Gasteiger partial charge in [-0.3, -0.25) is 19.7 Å². The Balaban J connectivity index is 1.08. The molecule has 10 nitrogen and oxygen atoms in total. The predicted molar refractivity (Wildman–Crippen MR) is 235 cm³/mol. The maximum atomic E-state index is 14.5. The van der Waals surface area contributed by atoms with Gasteiger partial charge in [-0.05, 0) is 169 Å². The van der Waals surface area contributed by atoms with Crippen LogP contribution >= 0.6 is 0 Å². The topological polar surface area (TPSA) is 160 Å². The summed E-state index contributed by atoms with van der Waals surface area (Å²) in [5, 5.41) is 20.1. The van der Waals surface area contributed by atoms with Crippen LogP contribution < -0.4 is 21.7 Å². The lowest BCUT2D eigenvalue weighted by Gasteiger charge is -2.72. The van der Waals surface area contributed by atoms with E-state index >= 15 is 0 Å². The van der Waals surface area contributed by atoms with E-state index in [1.807, 2.05) is 0 Å². The van der Waals surface area contributed by atoms with Crippen molar-refractivity contribution in [2.75, 3.05) is 13.1 Å². The Morgan fingerprint density at radius 1 is 0.797 bits per heavy atom. The normalized spacial score (nSPS) is 36.5. The van der Waals surface area contributed by atoms with Crippen molar-refractivity contribution in [2.24, 2.45) is 62.4 Å². The molecule has 336 valence electrons. The summed E-state index contributed by atoms with van der Waals surface area (Å²) in [6, 6.07) is -0.707. The van der Waals surface area contributed by atoms with Crippen LogP contribution in [0.1, 0.15) is 184 Å². The van der Waals surface area contributed by atoms with Crippen molar-refractivity contribution in [1.29, 1.82) is 0 Å². The smallest absolute Gasteiger partial charge is 0.414 e. The summed E-state index contributed by atoms with van der Waals surface area (Å²) < 4.78 is 5.20. The molecule has 59 heavy (non-hydrogen) atoms. The quantitative estimate of drug-likeness (QED) is 0.0723. The summed E-state index contributed by atoms with van der Waals surface area (Å²) in [6.07, 6.45) is 17.6. The van der Waals surface area contributed by atoms with Gasteiger partial charge in [-0.2, -0.15) is 0 Å². The number of aliphatic hydroxyl groups excluding tert-OH is 1. The minimum Gasteiger partial charge on any atom is -0.444 e. The summed E-state index contributed by atoms with van der Waals surface area (Å²) in [4.78, 5) is 50.7. The highest BCUT2D eigenvalue weighted by atomic mass is 16.6. The fourth-order valence-electron chi connectivity index (χ4n) is 14.4. The van der Waals surface area contributed by atoms with Gasteiger partial charge in [0.15, 0.2) is 0 Å². The van der Waals surface area contributed by atoms with Crippen molar-refractivity contribution in [3.05, 3.63) is 12.2 Å². The highest BCUT2D eigenvalue weighted by molar-refractivity contribution is 5.95. The second-order valence-electron chi connectivity index (χ2n) is 22.5. The van der Waals surface area contributed by atoms with Crippen molar-refractivity contribution < 1.29 is 29.0 Å². The van der Waals surface area contributed by atoms with Gasteiger partial charge in [0.25, 0.3) is 0 Å². The fraction of sp³-hybridized carbons (Fsp3) is 0.878. The molecule has 6 N–H and O–H groups in total. The molecule has 5 aliphatic rings. The van der Waals surface area contributed by atoms with Crippen molar-refractivity contribution in [1.82, 2.24) is 16.0 Å². The molecule has 0 bridgehead atoms. The standard InChI is InChI=1S/C49H84N4O6/c1-32(2)33-22-27-49(29-28-47(9)34(40(33)49)18-20-37-46(8)25-24-38(54)45(6,7)36(46)23-26-48(37,47)10)42(57)52-31-17-15-13-11-12-14-16-30-51-35(19-21-39(50)55)41(56)53-43(58)59-44(3,4)5/h33-38,40,51,54H,1,11-31H2,2-10H3,(H2,50,55)(H,52,57)(H,53,56,58)/t33-,34+,35-,36-,37+,38-,40+,46-,47+,48+,49-/m0/s1. The number of unbranched alkanes of at least 4 members (excludes halogenated alkanes) is 6. The molecule has 0 saturated heterocycles. The molecular formula is C49H84N4O6. The Morgan fingerprint density at radius 3 is 2.07 bits per heavy atom. The lowest BCUT2D eigenvalue weighted by molar-refractivity contribution is -0.246. The first-order valence-corrected chi connectivity index (χ1v) is 23.7. The molecule has 5 aliphatic carbocycles. The van der Waals surface area contributed by atoms with Crippen LogP contribution in [-0.2, 0) is 19.1 Å². The van der Waals surface area contributed by atoms with E-state index < -0.39 is 29.6 Å². The first-order chi connectivity index (χ1) is 27.5. The molecule has 0 heterocycles. The van der Waals surface area contributed by atoms with Crippen LogP contribution in [0.5, 0.6) is 0 Å². The summed E-state index contributed by atoms with van der Waals surface area (Å²) >= 11 is 0. The average Bonchev–Trinajstić information content (AvgIpc) is 3.54. The number of hydrogen-bond acceptors (Lipinski definition) is 7. The van der Waals surface area contributed by atoms with Crippen molar-refractivity contribution in [3.8, 4) is 0 Å². The van der Waals surface area contributed by atoms with E-state index in [2.05, 4.69) is 64.1 Å². The van der Waals surface area contributed by atoms with Gasteiger partial charge in [0, 0.05) is 13.0 Å². The number of allylic oxidation sites excluding steroid dienone is 1. The molecule has 0 aromatic carbocycles. The van der Waals surface area contributed by atoms with E-state index in [0.29, 0.717) is 42.0 Å². The SMILES string of the molecule is C=C(C)[C@@H]1CC[C@]2(C(=O)NCCCCCCCCCN[C@@H](CCC(N)=O)C(=O)NC(=O)OC(C)(C)C)CC[C@]3(C)[C@H](CC[C@@H]4[C@@]5(C)CC[C@H](O)C(C)(C)[C@@H]5CC[C@]43C)[C@@H]12. The monoisotopic (exact) mass is 825 g/mol. The molecule has 5 fully saturated rings. The number of nitrogens with one attached hydrogen (secondary N) is 3. The third kappa shape index (κ3) is 9.64. The lowest BCUT2D eigenvalue weighted by atomic mass is 9.32. The number of fused-ring (bicyclic) bond motifs is 7. The number of hydrogen-bond donors (Lipinski definition) is 5. The fourth-order valence-corrected chi connectivity index (χ4v) is 14.4. The van der Waals surface area contributed by atoms with Gasteiger partial charge < -0.3 is 26.2 Å². The van der Waals surface area contributed by atoms with Crippen molar-refractivity contribution >= 4 is 23.8 Å². The van der Waals surface area contributed by atoms with Crippen LogP contribution in [-0.4, -0.2) is 59.8 Å².